The Morgan fingerprint density at radius 2 is 1.50 bits per heavy atom. The Morgan fingerprint density at radius 1 is 0.848 bits per heavy atom. The van der Waals surface area contributed by atoms with Gasteiger partial charge in [0.25, 0.3) is 0 Å². The first-order valence-electron chi connectivity index (χ1n) is 18.5. The lowest BCUT2D eigenvalue weighted by Crippen LogP contribution is -2.52. The number of carbonyl (C=O) groups is 2. The van der Waals surface area contributed by atoms with E-state index in [1.54, 1.807) is 5.57 Å². The molecule has 46 heavy (non-hydrogen) atoms. The summed E-state index contributed by atoms with van der Waals surface area (Å²) in [6.07, 6.45) is 17.6. The monoisotopic (exact) mass is 626 g/mol. The molecule has 6 atom stereocenters. The van der Waals surface area contributed by atoms with Crippen LogP contribution in [0.4, 0.5) is 17.6 Å². The molecular weight excluding hydrogens is 572 g/mol. The Balaban J connectivity index is 0.934. The van der Waals surface area contributed by atoms with Crippen LogP contribution in [0.5, 0.6) is 0 Å². The summed E-state index contributed by atoms with van der Waals surface area (Å²) in [5.74, 6) is 5.02. The van der Waals surface area contributed by atoms with Gasteiger partial charge in [-0.25, -0.2) is 0 Å². The van der Waals surface area contributed by atoms with Gasteiger partial charge in [0, 0.05) is 76.2 Å². The molecule has 5 fully saturated rings. The van der Waals surface area contributed by atoms with Crippen molar-refractivity contribution in [1.82, 2.24) is 14.9 Å². The highest BCUT2D eigenvalue weighted by Crippen LogP contribution is 2.67. The molecule has 0 amide bonds. The molecule has 4 aliphatic carbocycles. The van der Waals surface area contributed by atoms with E-state index in [0.29, 0.717) is 30.6 Å². The Labute approximate surface area is 275 Å². The van der Waals surface area contributed by atoms with E-state index in [-0.39, 0.29) is 27.9 Å². The SMILES string of the molecule is C[C@]12CC=C3[C@@H](CC[C@]4(C)CC(=O)C=C[C@]34C)[C@@H]1CC[C@@H]2C(=O)CN1CCN(c2cc(N3CCCC3)nc(N3CCCC3)n2)CC1. The van der Waals surface area contributed by atoms with Crippen LogP contribution in [0.3, 0.4) is 0 Å². The minimum Gasteiger partial charge on any atom is -0.356 e. The minimum atomic E-state index is -0.0406. The van der Waals surface area contributed by atoms with Crippen LogP contribution in [-0.4, -0.2) is 85.3 Å². The molecule has 8 rings (SSSR count). The lowest BCUT2D eigenvalue weighted by atomic mass is 9.45. The van der Waals surface area contributed by atoms with Crippen molar-refractivity contribution in [2.75, 3.05) is 73.6 Å². The summed E-state index contributed by atoms with van der Waals surface area (Å²) in [4.78, 5) is 46.2. The summed E-state index contributed by atoms with van der Waals surface area (Å²) in [6.45, 7) is 15.6. The second kappa shape index (κ2) is 11.5. The lowest BCUT2D eigenvalue weighted by Gasteiger charge is -2.58. The van der Waals surface area contributed by atoms with Crippen LogP contribution < -0.4 is 14.7 Å². The summed E-state index contributed by atoms with van der Waals surface area (Å²) >= 11 is 0. The summed E-state index contributed by atoms with van der Waals surface area (Å²) in [6, 6.07) is 2.21. The summed E-state index contributed by atoms with van der Waals surface area (Å²) < 4.78 is 0. The van der Waals surface area contributed by atoms with Crippen LogP contribution in [0.1, 0.15) is 85.0 Å². The molecule has 0 N–H and O–H groups in total. The van der Waals surface area contributed by atoms with Crippen LogP contribution in [-0.2, 0) is 9.59 Å². The number of nitrogens with zero attached hydrogens (tertiary/aromatic N) is 6. The first kappa shape index (κ1) is 30.6. The largest absolute Gasteiger partial charge is 0.356 e. The molecule has 8 heteroatoms. The quantitative estimate of drug-likeness (QED) is 0.374. The number of fused-ring (bicyclic) bond motifs is 5. The minimum absolute atomic E-state index is 0.0160. The van der Waals surface area contributed by atoms with Crippen molar-refractivity contribution in [3.63, 3.8) is 0 Å². The number of anilines is 3. The van der Waals surface area contributed by atoms with Crippen LogP contribution in [0, 0.1) is 34.0 Å². The third kappa shape index (κ3) is 4.95. The molecule has 1 aromatic heterocycles. The number of rotatable bonds is 6. The molecule has 0 aromatic carbocycles. The first-order chi connectivity index (χ1) is 22.2. The highest BCUT2D eigenvalue weighted by molar-refractivity contribution is 5.92. The van der Waals surface area contributed by atoms with Gasteiger partial charge in [0.2, 0.25) is 5.95 Å². The van der Waals surface area contributed by atoms with Gasteiger partial charge in [-0.15, -0.1) is 0 Å². The molecule has 3 aliphatic heterocycles. The fourth-order valence-corrected chi connectivity index (χ4v) is 11.0. The average molecular weight is 627 g/mol. The predicted octanol–water partition coefficient (Wildman–Crippen LogP) is 5.68. The zero-order chi connectivity index (χ0) is 31.7. The Kier molecular flexibility index (Phi) is 7.61. The van der Waals surface area contributed by atoms with Crippen LogP contribution in [0.25, 0.3) is 0 Å². The van der Waals surface area contributed by atoms with E-state index < -0.39 is 0 Å². The molecule has 2 saturated carbocycles. The van der Waals surface area contributed by atoms with E-state index in [0.717, 1.165) is 102 Å². The summed E-state index contributed by atoms with van der Waals surface area (Å²) in [5, 5.41) is 0. The van der Waals surface area contributed by atoms with E-state index >= 15 is 0 Å². The maximum Gasteiger partial charge on any atom is 0.229 e. The smallest absolute Gasteiger partial charge is 0.229 e. The number of piperazine rings is 1. The van der Waals surface area contributed by atoms with Crippen molar-refractivity contribution in [2.24, 2.45) is 34.0 Å². The van der Waals surface area contributed by atoms with Crippen LogP contribution in [0.15, 0.2) is 29.9 Å². The van der Waals surface area contributed by atoms with Gasteiger partial charge in [0.15, 0.2) is 5.78 Å². The third-order valence-electron chi connectivity index (χ3n) is 14.1. The lowest BCUT2D eigenvalue weighted by molar-refractivity contribution is -0.128. The van der Waals surface area contributed by atoms with Crippen LogP contribution >= 0.6 is 0 Å². The number of ketones is 2. The number of hydrogen-bond donors (Lipinski definition) is 0. The average Bonchev–Trinajstić information content (AvgIpc) is 3.84. The molecule has 4 heterocycles. The molecule has 0 unspecified atom stereocenters. The third-order valence-corrected chi connectivity index (χ3v) is 14.1. The summed E-state index contributed by atoms with van der Waals surface area (Å²) in [7, 11) is 0. The number of hydrogen-bond acceptors (Lipinski definition) is 8. The van der Waals surface area contributed by atoms with E-state index in [2.05, 4.69) is 58.6 Å². The molecule has 0 radical (unpaired) electrons. The molecular formula is C38H54N6O2. The normalized spacial score (nSPS) is 37.7. The Hall–Kier alpha value is -2.74. The summed E-state index contributed by atoms with van der Waals surface area (Å²) in [5.41, 5.74) is 1.59. The maximum atomic E-state index is 14.1. The van der Waals surface area contributed by atoms with Crippen LogP contribution in [0.2, 0.25) is 0 Å². The van der Waals surface area contributed by atoms with Crippen molar-refractivity contribution in [2.45, 2.75) is 85.0 Å². The molecule has 7 aliphatic rings. The van der Waals surface area contributed by atoms with Crippen molar-refractivity contribution in [1.29, 1.82) is 0 Å². The highest BCUT2D eigenvalue weighted by Gasteiger charge is 2.60. The molecule has 248 valence electrons. The number of allylic oxidation sites excluding steroid dienone is 4. The zero-order valence-corrected chi connectivity index (χ0v) is 28.5. The van der Waals surface area contributed by atoms with E-state index in [4.69, 9.17) is 9.97 Å². The Bertz CT molecular complexity index is 1400. The zero-order valence-electron chi connectivity index (χ0n) is 28.5. The number of carbonyl (C=O) groups excluding carboxylic acids is 2. The van der Waals surface area contributed by atoms with Crippen molar-refractivity contribution >= 4 is 29.2 Å². The second-order valence-electron chi connectivity index (χ2n) is 16.5. The van der Waals surface area contributed by atoms with Gasteiger partial charge in [-0.05, 0) is 86.5 Å². The van der Waals surface area contributed by atoms with E-state index in [9.17, 15) is 9.59 Å². The van der Waals surface area contributed by atoms with E-state index in [1.165, 1.54) is 25.7 Å². The molecule has 1 aromatic rings. The van der Waals surface area contributed by atoms with E-state index in [1.807, 2.05) is 6.08 Å². The van der Waals surface area contributed by atoms with Gasteiger partial charge in [-0.3, -0.25) is 14.5 Å². The van der Waals surface area contributed by atoms with Crippen molar-refractivity contribution < 1.29 is 9.59 Å². The highest BCUT2D eigenvalue weighted by atomic mass is 16.1. The topological polar surface area (TPSA) is 72.9 Å². The van der Waals surface area contributed by atoms with Gasteiger partial charge in [0.05, 0.1) is 6.54 Å². The number of Topliss-reactive ketones (excluding diaryl/α,β-unsaturated/α-hetero) is 1. The molecule has 3 saturated heterocycles. The Morgan fingerprint density at radius 3 is 2.20 bits per heavy atom. The van der Waals surface area contributed by atoms with Gasteiger partial charge in [-0.1, -0.05) is 38.5 Å². The maximum absolute atomic E-state index is 14.1. The standard InChI is InChI=1S/C38H54N6O2/c1-36-13-11-28-29-8-9-31(37(29,2)14-12-30(28)38(36,3)15-10-27(45)25-36)32(46)26-41-20-22-43(23-21-41)34-24-33(42-16-4-5-17-42)39-35(40-34)44-18-6-7-19-44/h10,12,15,24,28-29,31H,4-9,11,13-14,16-23,25-26H2,1-3H3/t28-,29-,31+,36+,37-,38+/m0/s1. The molecule has 8 nitrogen and oxygen atoms in total. The van der Waals surface area contributed by atoms with Crippen molar-refractivity contribution in [3.8, 4) is 0 Å². The van der Waals surface area contributed by atoms with Gasteiger partial charge in [-0.2, -0.15) is 9.97 Å². The first-order valence-corrected chi connectivity index (χ1v) is 18.5. The second-order valence-corrected chi connectivity index (χ2v) is 16.5. The molecule has 0 bridgehead atoms. The van der Waals surface area contributed by atoms with Crippen molar-refractivity contribution in [3.05, 3.63) is 29.9 Å². The number of aromatic nitrogens is 2. The van der Waals surface area contributed by atoms with Gasteiger partial charge >= 0.3 is 0 Å². The van der Waals surface area contributed by atoms with Gasteiger partial charge in [0.1, 0.15) is 17.4 Å². The molecule has 0 spiro atoms. The fourth-order valence-electron chi connectivity index (χ4n) is 11.0. The fraction of sp³-hybridized carbons (Fsp3) is 0.737. The predicted molar refractivity (Wildman–Crippen MR) is 183 cm³/mol. The van der Waals surface area contributed by atoms with Gasteiger partial charge < -0.3 is 14.7 Å².